The summed E-state index contributed by atoms with van der Waals surface area (Å²) in [6.45, 7) is 2.35. The van der Waals surface area contributed by atoms with Crippen LogP contribution in [0.25, 0.3) is 0 Å². The van der Waals surface area contributed by atoms with Crippen molar-refractivity contribution < 1.29 is 4.39 Å². The van der Waals surface area contributed by atoms with Crippen LogP contribution < -0.4 is 5.73 Å². The number of benzene rings is 2. The molecule has 0 radical (unpaired) electrons. The van der Waals surface area contributed by atoms with Gasteiger partial charge in [0.1, 0.15) is 5.82 Å². The van der Waals surface area contributed by atoms with E-state index in [9.17, 15) is 4.39 Å². The summed E-state index contributed by atoms with van der Waals surface area (Å²) in [5, 5.41) is 0.707. The number of hydrogen-bond donors (Lipinski definition) is 1. The summed E-state index contributed by atoms with van der Waals surface area (Å²) in [7, 11) is 0. The van der Waals surface area contributed by atoms with Gasteiger partial charge in [0.2, 0.25) is 0 Å². The van der Waals surface area contributed by atoms with E-state index in [1.54, 1.807) is 6.92 Å². The molecule has 1 unspecified atom stereocenters. The molecule has 0 aliphatic rings. The maximum atomic E-state index is 13.4. The van der Waals surface area contributed by atoms with E-state index in [2.05, 4.69) is 0 Å². The molecule has 2 aromatic carbocycles. The van der Waals surface area contributed by atoms with Gasteiger partial charge in [-0.3, -0.25) is 0 Å². The van der Waals surface area contributed by atoms with Gasteiger partial charge in [0.25, 0.3) is 0 Å². The number of rotatable bonds is 4. The molecule has 0 saturated heterocycles. The Morgan fingerprint density at radius 2 is 1.89 bits per heavy atom. The van der Waals surface area contributed by atoms with Crippen molar-refractivity contribution in [3.8, 4) is 0 Å². The Balaban J connectivity index is 2.42. The van der Waals surface area contributed by atoms with Crippen LogP contribution in [0.3, 0.4) is 0 Å². The molecule has 0 saturated carbocycles. The molecule has 2 N–H and O–H groups in total. The van der Waals surface area contributed by atoms with Gasteiger partial charge in [-0.2, -0.15) is 0 Å². The van der Waals surface area contributed by atoms with Crippen LogP contribution >= 0.6 is 11.6 Å². The van der Waals surface area contributed by atoms with Gasteiger partial charge in [-0.05, 0) is 54.8 Å². The summed E-state index contributed by atoms with van der Waals surface area (Å²) in [5.74, 6) is -0.0238. The third kappa shape index (κ3) is 3.34. The van der Waals surface area contributed by atoms with Crippen molar-refractivity contribution in [3.05, 3.63) is 70.0 Å². The summed E-state index contributed by atoms with van der Waals surface area (Å²) in [5.41, 5.74) is 8.55. The Labute approximate surface area is 118 Å². The lowest BCUT2D eigenvalue weighted by Crippen LogP contribution is -2.09. The van der Waals surface area contributed by atoms with Crippen LogP contribution in [0, 0.1) is 12.7 Å². The molecule has 0 spiro atoms. The highest BCUT2D eigenvalue weighted by molar-refractivity contribution is 6.30. The highest BCUT2D eigenvalue weighted by Gasteiger charge is 2.14. The van der Waals surface area contributed by atoms with E-state index >= 15 is 0 Å². The van der Waals surface area contributed by atoms with Crippen LogP contribution in [0.1, 0.15) is 29.0 Å². The highest BCUT2D eigenvalue weighted by Crippen LogP contribution is 2.30. The van der Waals surface area contributed by atoms with E-state index in [1.807, 2.05) is 36.4 Å². The fourth-order valence-corrected chi connectivity index (χ4v) is 2.50. The highest BCUT2D eigenvalue weighted by atomic mass is 35.5. The van der Waals surface area contributed by atoms with E-state index in [4.69, 9.17) is 17.3 Å². The zero-order valence-corrected chi connectivity index (χ0v) is 11.6. The molecule has 0 fully saturated rings. The van der Waals surface area contributed by atoms with Crippen LogP contribution in [0.5, 0.6) is 0 Å². The predicted octanol–water partition coefficient (Wildman–Crippen LogP) is 4.27. The van der Waals surface area contributed by atoms with Gasteiger partial charge in [0, 0.05) is 10.9 Å². The van der Waals surface area contributed by atoms with Crippen LogP contribution in [-0.2, 0) is 0 Å². The molecule has 0 aliphatic carbocycles. The topological polar surface area (TPSA) is 26.0 Å². The first-order chi connectivity index (χ1) is 9.11. The molecule has 1 atom stereocenters. The molecule has 0 aliphatic heterocycles. The molecule has 0 aromatic heterocycles. The summed E-state index contributed by atoms with van der Waals surface area (Å²) in [4.78, 5) is 0. The second kappa shape index (κ2) is 6.18. The minimum atomic E-state index is -0.179. The molecule has 100 valence electrons. The maximum absolute atomic E-state index is 13.4. The summed E-state index contributed by atoms with van der Waals surface area (Å²) < 4.78 is 13.4. The van der Waals surface area contributed by atoms with Crippen molar-refractivity contribution in [2.45, 2.75) is 19.3 Å². The van der Waals surface area contributed by atoms with Gasteiger partial charge >= 0.3 is 0 Å². The SMILES string of the molecule is Cc1cc(C(CCN)c2cccc(Cl)c2)ccc1F. The Morgan fingerprint density at radius 1 is 1.16 bits per heavy atom. The van der Waals surface area contributed by atoms with E-state index in [1.165, 1.54) is 6.07 Å². The van der Waals surface area contributed by atoms with Crippen molar-refractivity contribution in [2.75, 3.05) is 6.54 Å². The summed E-state index contributed by atoms with van der Waals surface area (Å²) in [6, 6.07) is 13.0. The molecular formula is C16H17ClFN. The monoisotopic (exact) mass is 277 g/mol. The Kier molecular flexibility index (Phi) is 4.56. The molecule has 2 aromatic rings. The Morgan fingerprint density at radius 3 is 2.53 bits per heavy atom. The van der Waals surface area contributed by atoms with E-state index in [0.717, 1.165) is 17.5 Å². The quantitative estimate of drug-likeness (QED) is 0.887. The van der Waals surface area contributed by atoms with Gasteiger partial charge < -0.3 is 5.73 Å². The van der Waals surface area contributed by atoms with Crippen molar-refractivity contribution in [2.24, 2.45) is 5.73 Å². The van der Waals surface area contributed by atoms with E-state index in [-0.39, 0.29) is 11.7 Å². The minimum absolute atomic E-state index is 0.156. The maximum Gasteiger partial charge on any atom is 0.126 e. The molecular weight excluding hydrogens is 261 g/mol. The number of nitrogens with two attached hydrogens (primary N) is 1. The van der Waals surface area contributed by atoms with Gasteiger partial charge in [-0.1, -0.05) is 35.9 Å². The lowest BCUT2D eigenvalue weighted by atomic mass is 9.88. The Hall–Kier alpha value is -1.38. The standard InChI is InChI=1S/C16H17ClFN/c1-11-9-13(5-6-16(11)18)15(7-8-19)12-3-2-4-14(17)10-12/h2-6,9-10,15H,7-8,19H2,1H3. The third-order valence-electron chi connectivity index (χ3n) is 3.29. The van der Waals surface area contributed by atoms with E-state index in [0.29, 0.717) is 17.1 Å². The second-order valence-electron chi connectivity index (χ2n) is 4.69. The van der Waals surface area contributed by atoms with Gasteiger partial charge in [-0.15, -0.1) is 0 Å². The predicted molar refractivity (Wildman–Crippen MR) is 78.1 cm³/mol. The van der Waals surface area contributed by atoms with Crippen molar-refractivity contribution in [1.82, 2.24) is 0 Å². The first kappa shape index (κ1) is 14.0. The number of halogens is 2. The van der Waals surface area contributed by atoms with Gasteiger partial charge in [-0.25, -0.2) is 4.39 Å². The minimum Gasteiger partial charge on any atom is -0.330 e. The zero-order chi connectivity index (χ0) is 13.8. The van der Waals surface area contributed by atoms with Crippen molar-refractivity contribution in [1.29, 1.82) is 0 Å². The van der Waals surface area contributed by atoms with Crippen molar-refractivity contribution in [3.63, 3.8) is 0 Å². The molecule has 19 heavy (non-hydrogen) atoms. The van der Waals surface area contributed by atoms with Gasteiger partial charge in [0.05, 0.1) is 0 Å². The Bertz CT molecular complexity index is 568. The van der Waals surface area contributed by atoms with Crippen LogP contribution in [0.15, 0.2) is 42.5 Å². The van der Waals surface area contributed by atoms with Gasteiger partial charge in [0.15, 0.2) is 0 Å². The lowest BCUT2D eigenvalue weighted by molar-refractivity contribution is 0.615. The molecule has 3 heteroatoms. The fourth-order valence-electron chi connectivity index (χ4n) is 2.30. The lowest BCUT2D eigenvalue weighted by Gasteiger charge is -2.18. The second-order valence-corrected chi connectivity index (χ2v) is 5.13. The number of aryl methyl sites for hydroxylation is 1. The zero-order valence-electron chi connectivity index (χ0n) is 10.9. The molecule has 0 amide bonds. The summed E-state index contributed by atoms with van der Waals surface area (Å²) in [6.07, 6.45) is 0.811. The molecule has 0 heterocycles. The van der Waals surface area contributed by atoms with Crippen LogP contribution in [0.2, 0.25) is 5.02 Å². The van der Waals surface area contributed by atoms with Crippen LogP contribution in [-0.4, -0.2) is 6.54 Å². The summed E-state index contributed by atoms with van der Waals surface area (Å²) >= 11 is 6.04. The first-order valence-corrected chi connectivity index (χ1v) is 6.71. The third-order valence-corrected chi connectivity index (χ3v) is 3.53. The molecule has 0 bridgehead atoms. The average molecular weight is 278 g/mol. The number of hydrogen-bond acceptors (Lipinski definition) is 1. The molecule has 1 nitrogen and oxygen atoms in total. The van der Waals surface area contributed by atoms with E-state index < -0.39 is 0 Å². The van der Waals surface area contributed by atoms with Crippen molar-refractivity contribution >= 4 is 11.6 Å². The first-order valence-electron chi connectivity index (χ1n) is 6.33. The largest absolute Gasteiger partial charge is 0.330 e. The smallest absolute Gasteiger partial charge is 0.126 e. The van der Waals surface area contributed by atoms with Crippen LogP contribution in [0.4, 0.5) is 4.39 Å². The average Bonchev–Trinajstić information content (AvgIpc) is 2.39. The fraction of sp³-hybridized carbons (Fsp3) is 0.250. The normalized spacial score (nSPS) is 12.4. The molecule has 2 rings (SSSR count).